The quantitative estimate of drug-likeness (QED) is 0.563. The van der Waals surface area contributed by atoms with E-state index in [4.69, 9.17) is 11.6 Å². The molecule has 0 aliphatic rings. The number of nitrogens with zero attached hydrogens (tertiary/aromatic N) is 1. The molecular weight excluding hydrogens is 442 g/mol. The number of hydrogen-bond donors (Lipinski definition) is 2. The van der Waals surface area contributed by atoms with E-state index in [1.807, 2.05) is 32.2 Å². The third kappa shape index (κ3) is 4.03. The molecule has 0 aliphatic carbocycles. The molecule has 0 saturated heterocycles. The van der Waals surface area contributed by atoms with Gasteiger partial charge in [-0.3, -0.25) is 9.59 Å². The van der Waals surface area contributed by atoms with Crippen LogP contribution in [0.15, 0.2) is 33.7 Å². The van der Waals surface area contributed by atoms with Crippen molar-refractivity contribution in [2.24, 2.45) is 0 Å². The van der Waals surface area contributed by atoms with Crippen LogP contribution in [0.1, 0.15) is 47.1 Å². The monoisotopic (exact) mass is 463 g/mol. The summed E-state index contributed by atoms with van der Waals surface area (Å²) in [4.78, 5) is 27.8. The maximum absolute atomic E-state index is 12.9. The standard InChI is InChI=1S/C21H23BrClN3O2/c1-11(2)26-10-17(23)19-16(8-14(22)9-18(19)26)20(27)24-6-5-15-12(3)7-13(4)25-21(15)28/h7-11H,5-6H2,1-4H3,(H,24,27)(H,25,28). The number of rotatable bonds is 5. The summed E-state index contributed by atoms with van der Waals surface area (Å²) in [5, 5.41) is 4.21. The first-order chi connectivity index (χ1) is 13.2. The SMILES string of the molecule is Cc1cc(C)c(CCNC(=O)c2cc(Br)cc3c2c(Cl)cn3C(C)C)c(=O)[nH]1. The van der Waals surface area contributed by atoms with Crippen LogP contribution < -0.4 is 10.9 Å². The van der Waals surface area contributed by atoms with Gasteiger partial charge in [-0.25, -0.2) is 0 Å². The van der Waals surface area contributed by atoms with Gasteiger partial charge in [0.05, 0.1) is 16.1 Å². The molecule has 0 aliphatic heterocycles. The van der Waals surface area contributed by atoms with E-state index in [-0.39, 0.29) is 17.5 Å². The van der Waals surface area contributed by atoms with Gasteiger partial charge >= 0.3 is 0 Å². The molecule has 3 rings (SSSR count). The van der Waals surface area contributed by atoms with Gasteiger partial charge in [-0.1, -0.05) is 27.5 Å². The predicted octanol–water partition coefficient (Wildman–Crippen LogP) is 4.92. The summed E-state index contributed by atoms with van der Waals surface area (Å²) in [7, 11) is 0. The van der Waals surface area contributed by atoms with Gasteiger partial charge in [-0.2, -0.15) is 0 Å². The van der Waals surface area contributed by atoms with Gasteiger partial charge in [0.1, 0.15) is 0 Å². The summed E-state index contributed by atoms with van der Waals surface area (Å²) in [5.41, 5.74) is 3.77. The van der Waals surface area contributed by atoms with Gasteiger partial charge in [-0.05, 0) is 57.9 Å². The summed E-state index contributed by atoms with van der Waals surface area (Å²) in [6, 6.07) is 5.90. The van der Waals surface area contributed by atoms with E-state index >= 15 is 0 Å². The van der Waals surface area contributed by atoms with Crippen molar-refractivity contribution in [3.8, 4) is 0 Å². The van der Waals surface area contributed by atoms with Gasteiger partial charge in [0.25, 0.3) is 11.5 Å². The Balaban J connectivity index is 1.86. The van der Waals surface area contributed by atoms with Crippen LogP contribution in [0.4, 0.5) is 0 Å². The number of aromatic nitrogens is 2. The number of amides is 1. The Bertz CT molecular complexity index is 1120. The molecule has 0 bridgehead atoms. The van der Waals surface area contributed by atoms with Gasteiger partial charge in [-0.15, -0.1) is 0 Å². The van der Waals surface area contributed by atoms with E-state index in [1.54, 1.807) is 6.07 Å². The maximum Gasteiger partial charge on any atom is 0.252 e. The van der Waals surface area contributed by atoms with Crippen molar-refractivity contribution in [3.05, 3.63) is 66.6 Å². The normalized spacial score (nSPS) is 11.4. The Morgan fingerprint density at radius 2 is 2.00 bits per heavy atom. The number of aromatic amines is 1. The second-order valence-electron chi connectivity index (χ2n) is 7.27. The summed E-state index contributed by atoms with van der Waals surface area (Å²) < 4.78 is 2.86. The predicted molar refractivity (Wildman–Crippen MR) is 118 cm³/mol. The summed E-state index contributed by atoms with van der Waals surface area (Å²) in [5.74, 6) is -0.212. The van der Waals surface area contributed by atoms with E-state index in [9.17, 15) is 9.59 Å². The van der Waals surface area contributed by atoms with Crippen LogP contribution in [-0.4, -0.2) is 22.0 Å². The summed E-state index contributed by atoms with van der Waals surface area (Å²) in [6.45, 7) is 8.26. The molecule has 0 radical (unpaired) electrons. The first-order valence-electron chi connectivity index (χ1n) is 9.16. The number of aryl methyl sites for hydroxylation is 2. The molecule has 28 heavy (non-hydrogen) atoms. The highest BCUT2D eigenvalue weighted by Gasteiger charge is 2.18. The van der Waals surface area contributed by atoms with Crippen molar-refractivity contribution < 1.29 is 4.79 Å². The maximum atomic E-state index is 12.9. The van der Waals surface area contributed by atoms with Crippen molar-refractivity contribution in [2.45, 2.75) is 40.2 Å². The van der Waals surface area contributed by atoms with Crippen molar-refractivity contribution in [2.75, 3.05) is 6.54 Å². The Kier molecular flexibility index (Phi) is 6.01. The van der Waals surface area contributed by atoms with E-state index in [0.717, 1.165) is 26.6 Å². The number of H-pyrrole nitrogens is 1. The number of pyridine rings is 1. The number of nitrogens with one attached hydrogen (secondary N) is 2. The molecule has 5 nitrogen and oxygen atoms in total. The number of carbonyl (C=O) groups excluding carboxylic acids is 1. The molecule has 0 unspecified atom stereocenters. The Labute approximate surface area is 177 Å². The summed E-state index contributed by atoms with van der Waals surface area (Å²) >= 11 is 9.94. The van der Waals surface area contributed by atoms with E-state index in [1.165, 1.54) is 0 Å². The smallest absolute Gasteiger partial charge is 0.252 e. The highest BCUT2D eigenvalue weighted by Crippen LogP contribution is 2.33. The molecule has 0 atom stereocenters. The lowest BCUT2D eigenvalue weighted by Crippen LogP contribution is -2.28. The highest BCUT2D eigenvalue weighted by molar-refractivity contribution is 9.10. The average Bonchev–Trinajstić information content (AvgIpc) is 2.93. The Morgan fingerprint density at radius 1 is 1.29 bits per heavy atom. The lowest BCUT2D eigenvalue weighted by molar-refractivity contribution is 0.0955. The second kappa shape index (κ2) is 8.13. The van der Waals surface area contributed by atoms with Gasteiger partial charge < -0.3 is 14.9 Å². The van der Waals surface area contributed by atoms with Crippen LogP contribution in [0.3, 0.4) is 0 Å². The minimum Gasteiger partial charge on any atom is -0.352 e. The zero-order valence-electron chi connectivity index (χ0n) is 16.3. The van der Waals surface area contributed by atoms with E-state index < -0.39 is 0 Å². The molecule has 1 aromatic carbocycles. The van der Waals surface area contributed by atoms with Crippen LogP contribution in [0.2, 0.25) is 5.02 Å². The van der Waals surface area contributed by atoms with Gasteiger partial charge in [0.2, 0.25) is 0 Å². The Morgan fingerprint density at radius 3 is 2.64 bits per heavy atom. The number of benzene rings is 1. The molecule has 0 fully saturated rings. The largest absolute Gasteiger partial charge is 0.352 e. The highest BCUT2D eigenvalue weighted by atomic mass is 79.9. The van der Waals surface area contributed by atoms with Crippen molar-refractivity contribution in [3.63, 3.8) is 0 Å². The van der Waals surface area contributed by atoms with Crippen LogP contribution in [0.5, 0.6) is 0 Å². The zero-order chi connectivity index (χ0) is 20.6. The minimum absolute atomic E-state index is 0.103. The Hall–Kier alpha value is -2.05. The average molecular weight is 465 g/mol. The topological polar surface area (TPSA) is 66.9 Å². The number of fused-ring (bicyclic) bond motifs is 1. The van der Waals surface area contributed by atoms with E-state index in [2.05, 4.69) is 44.6 Å². The van der Waals surface area contributed by atoms with Crippen LogP contribution >= 0.6 is 27.5 Å². The van der Waals surface area contributed by atoms with Crippen molar-refractivity contribution >= 4 is 44.3 Å². The van der Waals surface area contributed by atoms with E-state index in [0.29, 0.717) is 29.1 Å². The van der Waals surface area contributed by atoms with Crippen molar-refractivity contribution in [1.29, 1.82) is 0 Å². The first kappa shape index (κ1) is 20.7. The molecule has 2 N–H and O–H groups in total. The lowest BCUT2D eigenvalue weighted by atomic mass is 10.1. The van der Waals surface area contributed by atoms with Crippen molar-refractivity contribution in [1.82, 2.24) is 14.9 Å². The fourth-order valence-electron chi connectivity index (χ4n) is 3.50. The molecule has 3 aromatic rings. The third-order valence-electron chi connectivity index (χ3n) is 4.81. The van der Waals surface area contributed by atoms with Gasteiger partial charge in [0.15, 0.2) is 0 Å². The molecule has 1 amide bonds. The molecule has 0 spiro atoms. The first-order valence-corrected chi connectivity index (χ1v) is 10.3. The van der Waals surface area contributed by atoms with Crippen LogP contribution in [-0.2, 0) is 6.42 Å². The molecular formula is C21H23BrClN3O2. The van der Waals surface area contributed by atoms with Crippen LogP contribution in [0, 0.1) is 13.8 Å². The number of carbonyl (C=O) groups is 1. The molecule has 7 heteroatoms. The fourth-order valence-corrected chi connectivity index (χ4v) is 4.25. The number of halogens is 2. The second-order valence-corrected chi connectivity index (χ2v) is 8.60. The minimum atomic E-state index is -0.212. The zero-order valence-corrected chi connectivity index (χ0v) is 18.7. The molecule has 2 heterocycles. The number of hydrogen-bond acceptors (Lipinski definition) is 2. The lowest BCUT2D eigenvalue weighted by Gasteiger charge is -2.12. The van der Waals surface area contributed by atoms with Crippen LogP contribution in [0.25, 0.3) is 10.9 Å². The summed E-state index contributed by atoms with van der Waals surface area (Å²) in [6.07, 6.45) is 2.32. The molecule has 0 saturated carbocycles. The fraction of sp³-hybridized carbons (Fsp3) is 0.333. The molecule has 2 aromatic heterocycles. The third-order valence-corrected chi connectivity index (χ3v) is 5.55. The van der Waals surface area contributed by atoms with Gasteiger partial charge in [0, 0.05) is 39.9 Å². The molecule has 148 valence electrons.